The minimum absolute atomic E-state index is 0.0245. The number of ether oxygens (including phenoxy) is 1. The van der Waals surface area contributed by atoms with Gasteiger partial charge in [-0.15, -0.1) is 0 Å². The topological polar surface area (TPSA) is 75.3 Å². The Morgan fingerprint density at radius 2 is 2.21 bits per heavy atom. The van der Waals surface area contributed by atoms with Crippen LogP contribution in [0.5, 0.6) is 5.88 Å². The van der Waals surface area contributed by atoms with Crippen LogP contribution in [0.4, 0.5) is 0 Å². The highest BCUT2D eigenvalue weighted by Crippen LogP contribution is 2.31. The molecule has 3 aliphatic rings. The van der Waals surface area contributed by atoms with Crippen LogP contribution >= 0.6 is 11.6 Å². The summed E-state index contributed by atoms with van der Waals surface area (Å²) in [7, 11) is 0. The molecule has 1 aromatic rings. The number of nitrogens with zero attached hydrogens (tertiary/aromatic N) is 1. The molecule has 4 rings (SSSR count). The van der Waals surface area contributed by atoms with Gasteiger partial charge in [0.2, 0.25) is 5.88 Å². The SMILES string of the molecule is O=C(C/C(=C/NCc1cnc(OCC2CC2)c(Cl)c1)C1C=CNN1)C1CCC1. The number of halogens is 1. The van der Waals surface area contributed by atoms with E-state index in [1.54, 1.807) is 6.20 Å². The van der Waals surface area contributed by atoms with Crippen molar-refractivity contribution in [3.8, 4) is 5.88 Å². The second-order valence-corrected chi connectivity index (χ2v) is 8.29. The van der Waals surface area contributed by atoms with Crippen LogP contribution in [0.2, 0.25) is 5.02 Å². The lowest BCUT2D eigenvalue weighted by Crippen LogP contribution is -2.34. The van der Waals surface area contributed by atoms with Crippen molar-refractivity contribution in [3.05, 3.63) is 46.9 Å². The molecule has 0 aromatic carbocycles. The second-order valence-electron chi connectivity index (χ2n) is 7.88. The van der Waals surface area contributed by atoms with Crippen molar-refractivity contribution in [3.63, 3.8) is 0 Å². The smallest absolute Gasteiger partial charge is 0.232 e. The summed E-state index contributed by atoms with van der Waals surface area (Å²) in [6.07, 6.45) is 13.8. The van der Waals surface area contributed by atoms with Crippen LogP contribution < -0.4 is 20.9 Å². The Morgan fingerprint density at radius 3 is 2.86 bits per heavy atom. The Hall–Kier alpha value is -2.05. The van der Waals surface area contributed by atoms with E-state index in [4.69, 9.17) is 16.3 Å². The molecular weight excluding hydrogens is 376 g/mol. The first-order valence-electron chi connectivity index (χ1n) is 10.1. The van der Waals surface area contributed by atoms with Crippen LogP contribution in [0, 0.1) is 11.8 Å². The van der Waals surface area contributed by atoms with E-state index in [0.29, 0.717) is 42.2 Å². The number of hydrazine groups is 1. The van der Waals surface area contributed by atoms with E-state index < -0.39 is 0 Å². The summed E-state index contributed by atoms with van der Waals surface area (Å²) < 4.78 is 5.67. The zero-order valence-electron chi connectivity index (χ0n) is 15.9. The van der Waals surface area contributed by atoms with Gasteiger partial charge in [-0.2, -0.15) is 0 Å². The fraction of sp³-hybridized carbons (Fsp3) is 0.524. The van der Waals surface area contributed by atoms with E-state index in [9.17, 15) is 4.79 Å². The molecule has 2 saturated carbocycles. The Bertz CT molecular complexity index is 772. The average Bonchev–Trinajstić information content (AvgIpc) is 3.29. The summed E-state index contributed by atoms with van der Waals surface area (Å²) in [6.45, 7) is 1.28. The molecule has 0 saturated heterocycles. The third-order valence-electron chi connectivity index (χ3n) is 5.56. The number of carbonyl (C=O) groups excluding carboxylic acids is 1. The maximum atomic E-state index is 12.4. The van der Waals surface area contributed by atoms with Crippen LogP contribution in [0.1, 0.15) is 44.1 Å². The second kappa shape index (κ2) is 8.97. The monoisotopic (exact) mass is 402 g/mol. The number of Topliss-reactive ketones (excluding diaryl/α,β-unsaturated/α-hetero) is 1. The molecule has 7 heteroatoms. The molecule has 6 nitrogen and oxygen atoms in total. The van der Waals surface area contributed by atoms with Gasteiger partial charge in [0.25, 0.3) is 0 Å². The summed E-state index contributed by atoms with van der Waals surface area (Å²) in [5.41, 5.74) is 8.14. The molecule has 1 aliphatic heterocycles. The van der Waals surface area contributed by atoms with Gasteiger partial charge in [-0.05, 0) is 61.1 Å². The Morgan fingerprint density at radius 1 is 1.36 bits per heavy atom. The Kier molecular flexibility index (Phi) is 6.17. The molecule has 0 radical (unpaired) electrons. The average molecular weight is 403 g/mol. The Labute approximate surface area is 170 Å². The van der Waals surface area contributed by atoms with Gasteiger partial charge in [0.1, 0.15) is 10.8 Å². The molecule has 0 spiro atoms. The molecule has 0 amide bonds. The molecule has 150 valence electrons. The lowest BCUT2D eigenvalue weighted by atomic mass is 9.80. The quantitative estimate of drug-likeness (QED) is 0.557. The first-order valence-corrected chi connectivity index (χ1v) is 10.5. The van der Waals surface area contributed by atoms with Gasteiger partial charge in [-0.25, -0.2) is 10.4 Å². The predicted molar refractivity (Wildman–Crippen MR) is 109 cm³/mol. The fourth-order valence-electron chi connectivity index (χ4n) is 3.32. The molecule has 2 fully saturated rings. The number of hydrogen-bond acceptors (Lipinski definition) is 6. The van der Waals surface area contributed by atoms with Gasteiger partial charge in [-0.1, -0.05) is 18.0 Å². The van der Waals surface area contributed by atoms with Crippen molar-refractivity contribution in [2.45, 2.75) is 51.1 Å². The first-order chi connectivity index (χ1) is 13.7. The van der Waals surface area contributed by atoms with Crippen LogP contribution in [-0.4, -0.2) is 23.4 Å². The summed E-state index contributed by atoms with van der Waals surface area (Å²) in [6, 6.07) is 1.91. The largest absolute Gasteiger partial charge is 0.476 e. The van der Waals surface area contributed by atoms with Gasteiger partial charge < -0.3 is 15.5 Å². The number of aromatic nitrogens is 1. The van der Waals surface area contributed by atoms with Gasteiger partial charge >= 0.3 is 0 Å². The minimum atomic E-state index is 0.0245. The van der Waals surface area contributed by atoms with Crippen molar-refractivity contribution < 1.29 is 9.53 Å². The van der Waals surface area contributed by atoms with Gasteiger partial charge in [0, 0.05) is 31.3 Å². The molecule has 1 atom stereocenters. The van der Waals surface area contributed by atoms with Crippen LogP contribution in [0.15, 0.2) is 36.3 Å². The first kappa shape index (κ1) is 19.3. The van der Waals surface area contributed by atoms with Gasteiger partial charge in [-0.3, -0.25) is 4.79 Å². The molecular formula is C21H27ClN4O2. The minimum Gasteiger partial charge on any atom is -0.476 e. The maximum Gasteiger partial charge on any atom is 0.232 e. The summed E-state index contributed by atoms with van der Waals surface area (Å²) >= 11 is 6.30. The van der Waals surface area contributed by atoms with Crippen LogP contribution in [0.25, 0.3) is 0 Å². The number of carbonyl (C=O) groups is 1. The lowest BCUT2D eigenvalue weighted by Gasteiger charge is -2.25. The third kappa shape index (κ3) is 5.06. The highest BCUT2D eigenvalue weighted by Gasteiger charge is 2.27. The van der Waals surface area contributed by atoms with Crippen LogP contribution in [-0.2, 0) is 11.3 Å². The molecule has 0 bridgehead atoms. The molecule has 1 aromatic heterocycles. The number of ketones is 1. The van der Waals surface area contributed by atoms with Crippen molar-refractivity contribution >= 4 is 17.4 Å². The van der Waals surface area contributed by atoms with Crippen molar-refractivity contribution in [1.29, 1.82) is 0 Å². The summed E-state index contributed by atoms with van der Waals surface area (Å²) in [5.74, 6) is 1.75. The zero-order valence-corrected chi connectivity index (χ0v) is 16.7. The third-order valence-corrected chi connectivity index (χ3v) is 5.83. The van der Waals surface area contributed by atoms with Crippen molar-refractivity contribution in [1.82, 2.24) is 21.2 Å². The maximum absolute atomic E-state index is 12.4. The fourth-order valence-corrected chi connectivity index (χ4v) is 3.57. The predicted octanol–water partition coefficient (Wildman–Crippen LogP) is 3.25. The van der Waals surface area contributed by atoms with Crippen molar-refractivity contribution in [2.24, 2.45) is 11.8 Å². The molecule has 1 unspecified atom stereocenters. The normalized spacial score (nSPS) is 21.9. The molecule has 3 N–H and O–H groups in total. The van der Waals surface area contributed by atoms with Gasteiger partial charge in [0.05, 0.1) is 12.6 Å². The number of rotatable bonds is 10. The Balaban J connectivity index is 1.33. The molecule has 28 heavy (non-hydrogen) atoms. The summed E-state index contributed by atoms with van der Waals surface area (Å²) in [4.78, 5) is 16.8. The lowest BCUT2D eigenvalue weighted by molar-refractivity contribution is -0.124. The number of nitrogens with one attached hydrogen (secondary N) is 3. The van der Waals surface area contributed by atoms with Crippen molar-refractivity contribution in [2.75, 3.05) is 6.61 Å². The van der Waals surface area contributed by atoms with E-state index in [1.807, 2.05) is 24.5 Å². The zero-order chi connectivity index (χ0) is 19.3. The van der Waals surface area contributed by atoms with E-state index in [1.165, 1.54) is 19.3 Å². The van der Waals surface area contributed by atoms with E-state index in [0.717, 1.165) is 24.0 Å². The van der Waals surface area contributed by atoms with E-state index in [2.05, 4.69) is 21.2 Å². The highest BCUT2D eigenvalue weighted by molar-refractivity contribution is 6.31. The van der Waals surface area contributed by atoms with Gasteiger partial charge in [0.15, 0.2) is 0 Å². The van der Waals surface area contributed by atoms with E-state index in [-0.39, 0.29) is 12.0 Å². The standard InChI is InChI=1S/C21H27ClN4O2/c22-18-8-15(11-24-21(18)28-13-14-4-5-14)10-23-12-17(19-6-7-25-26-19)9-20(27)16-2-1-3-16/h6-8,11-12,14,16,19,23,25-26H,1-5,9-10,13H2/b17-12-. The van der Waals surface area contributed by atoms with E-state index >= 15 is 0 Å². The van der Waals surface area contributed by atoms with Crippen LogP contribution in [0.3, 0.4) is 0 Å². The molecule has 2 heterocycles. The number of pyridine rings is 1. The number of hydrogen-bond donors (Lipinski definition) is 3. The highest BCUT2D eigenvalue weighted by atomic mass is 35.5. The summed E-state index contributed by atoms with van der Waals surface area (Å²) in [5, 5.41) is 3.85. The molecule has 2 aliphatic carbocycles.